The van der Waals surface area contributed by atoms with Gasteiger partial charge in [0.05, 0.1) is 5.69 Å². The molecule has 2 amide bonds. The van der Waals surface area contributed by atoms with E-state index in [2.05, 4.69) is 27.2 Å². The zero-order valence-corrected chi connectivity index (χ0v) is 10.3. The van der Waals surface area contributed by atoms with E-state index in [-0.39, 0.29) is 6.03 Å². The number of anilines is 1. The highest BCUT2D eigenvalue weighted by Crippen LogP contribution is 2.16. The van der Waals surface area contributed by atoms with Crippen molar-refractivity contribution in [2.45, 2.75) is 0 Å². The average Bonchev–Trinajstić information content (AvgIpc) is 2.47. The lowest BCUT2D eigenvalue weighted by Gasteiger charge is -2.06. The highest BCUT2D eigenvalue weighted by molar-refractivity contribution is 5.88. The summed E-state index contributed by atoms with van der Waals surface area (Å²) >= 11 is 0. The summed E-state index contributed by atoms with van der Waals surface area (Å²) in [6.07, 6.45) is 5.01. The van der Waals surface area contributed by atoms with Crippen LogP contribution in [0.3, 0.4) is 0 Å². The lowest BCUT2D eigenvalue weighted by atomic mass is 10.2. The van der Waals surface area contributed by atoms with Gasteiger partial charge in [-0.05, 0) is 24.3 Å². The summed E-state index contributed by atoms with van der Waals surface area (Å²) < 4.78 is 0. The molecule has 0 atom stereocenters. The number of urea groups is 1. The number of nitrogens with zero attached hydrogens (tertiary/aromatic N) is 2. The molecule has 0 saturated carbocycles. The van der Waals surface area contributed by atoms with Gasteiger partial charge in [0.2, 0.25) is 0 Å². The maximum Gasteiger partial charge on any atom is 0.320 e. The molecule has 0 bridgehead atoms. The number of pyridine rings is 2. The van der Waals surface area contributed by atoms with E-state index in [0.717, 1.165) is 11.3 Å². The average molecular weight is 254 g/mol. The van der Waals surface area contributed by atoms with Crippen molar-refractivity contribution in [2.75, 3.05) is 11.9 Å². The number of hydrogen-bond donors (Lipinski definition) is 2. The van der Waals surface area contributed by atoms with Gasteiger partial charge < -0.3 is 5.32 Å². The first-order valence-corrected chi connectivity index (χ1v) is 5.83. The molecular weight excluding hydrogens is 240 g/mol. The molecule has 0 aliphatic heterocycles. The molecule has 0 aliphatic carbocycles. The minimum Gasteiger partial charge on any atom is -0.334 e. The summed E-state index contributed by atoms with van der Waals surface area (Å²) in [7, 11) is 0. The van der Waals surface area contributed by atoms with Crippen LogP contribution in [0.1, 0.15) is 0 Å². The predicted molar refractivity (Wildman–Crippen MR) is 74.7 cm³/mol. The molecular formula is C14H14N4O. The zero-order chi connectivity index (χ0) is 13.5. The van der Waals surface area contributed by atoms with Gasteiger partial charge in [-0.2, -0.15) is 0 Å². The largest absolute Gasteiger partial charge is 0.334 e. The first-order valence-electron chi connectivity index (χ1n) is 5.83. The molecule has 0 aromatic carbocycles. The monoisotopic (exact) mass is 254 g/mol. The van der Waals surface area contributed by atoms with Gasteiger partial charge in [-0.3, -0.25) is 10.3 Å². The minimum atomic E-state index is -0.307. The van der Waals surface area contributed by atoms with Crippen LogP contribution in [0.2, 0.25) is 0 Å². The van der Waals surface area contributed by atoms with Crippen LogP contribution in [-0.2, 0) is 0 Å². The molecule has 2 N–H and O–H groups in total. The molecule has 96 valence electrons. The van der Waals surface area contributed by atoms with E-state index in [9.17, 15) is 4.79 Å². The van der Waals surface area contributed by atoms with Crippen molar-refractivity contribution >= 4 is 11.8 Å². The van der Waals surface area contributed by atoms with E-state index in [1.807, 2.05) is 24.3 Å². The smallest absolute Gasteiger partial charge is 0.320 e. The van der Waals surface area contributed by atoms with Crippen LogP contribution in [0.5, 0.6) is 0 Å². The first-order chi connectivity index (χ1) is 9.29. The van der Waals surface area contributed by atoms with Crippen LogP contribution >= 0.6 is 0 Å². The molecule has 19 heavy (non-hydrogen) atoms. The summed E-state index contributed by atoms with van der Waals surface area (Å²) in [5.41, 5.74) is 1.75. The fraction of sp³-hybridized carbons (Fsp3) is 0.0714. The van der Waals surface area contributed by atoms with Crippen molar-refractivity contribution in [1.82, 2.24) is 15.3 Å². The maximum atomic E-state index is 11.4. The topological polar surface area (TPSA) is 66.9 Å². The van der Waals surface area contributed by atoms with Crippen molar-refractivity contribution < 1.29 is 4.79 Å². The summed E-state index contributed by atoms with van der Waals surface area (Å²) in [5.74, 6) is 0.487. The number of carbonyl (C=O) groups excluding carboxylic acids is 1. The van der Waals surface area contributed by atoms with Gasteiger partial charge in [0.1, 0.15) is 5.82 Å². The van der Waals surface area contributed by atoms with Crippen molar-refractivity contribution in [1.29, 1.82) is 0 Å². The Morgan fingerprint density at radius 3 is 2.79 bits per heavy atom. The second-order valence-corrected chi connectivity index (χ2v) is 3.77. The number of nitrogens with one attached hydrogen (secondary N) is 2. The molecule has 2 aromatic heterocycles. The lowest BCUT2D eigenvalue weighted by molar-refractivity contribution is 0.253. The van der Waals surface area contributed by atoms with Gasteiger partial charge in [0.25, 0.3) is 0 Å². The Kier molecular flexibility index (Phi) is 4.23. The Morgan fingerprint density at radius 1 is 1.26 bits per heavy atom. The standard InChI is InChI=1S/C14H14N4O/c1-2-8-16-14(19)18-13-7-6-11(10-17-13)12-5-3-4-9-15-12/h2-7,9-10H,1,8H2,(H2,16,17,18,19). The molecule has 0 fully saturated rings. The molecule has 5 nitrogen and oxygen atoms in total. The van der Waals surface area contributed by atoms with Gasteiger partial charge in [-0.25, -0.2) is 9.78 Å². The highest BCUT2D eigenvalue weighted by Gasteiger charge is 2.02. The Morgan fingerprint density at radius 2 is 2.16 bits per heavy atom. The molecule has 0 aliphatic rings. The number of carbonyl (C=O) groups is 1. The molecule has 0 saturated heterocycles. The third-order valence-corrected chi connectivity index (χ3v) is 2.37. The fourth-order valence-electron chi connectivity index (χ4n) is 1.48. The predicted octanol–water partition coefficient (Wildman–Crippen LogP) is 2.45. The van der Waals surface area contributed by atoms with E-state index in [0.29, 0.717) is 12.4 Å². The van der Waals surface area contributed by atoms with Crippen LogP contribution < -0.4 is 10.6 Å². The maximum absolute atomic E-state index is 11.4. The molecule has 2 rings (SSSR count). The van der Waals surface area contributed by atoms with Crippen molar-refractivity contribution in [3.05, 3.63) is 55.4 Å². The third kappa shape index (κ3) is 3.64. The normalized spacial score (nSPS) is 9.68. The summed E-state index contributed by atoms with van der Waals surface area (Å²) in [5, 5.41) is 5.23. The molecule has 5 heteroatoms. The Balaban J connectivity index is 2.03. The van der Waals surface area contributed by atoms with E-state index in [1.54, 1.807) is 24.5 Å². The summed E-state index contributed by atoms with van der Waals surface area (Å²) in [6, 6.07) is 8.96. The van der Waals surface area contributed by atoms with Crippen molar-refractivity contribution in [3.63, 3.8) is 0 Å². The first kappa shape index (κ1) is 12.8. The van der Waals surface area contributed by atoms with E-state index in [4.69, 9.17) is 0 Å². The lowest BCUT2D eigenvalue weighted by Crippen LogP contribution is -2.28. The minimum absolute atomic E-state index is 0.307. The van der Waals surface area contributed by atoms with Gasteiger partial charge in [-0.15, -0.1) is 6.58 Å². The van der Waals surface area contributed by atoms with Crippen LogP contribution in [0.4, 0.5) is 10.6 Å². The van der Waals surface area contributed by atoms with Crippen LogP contribution in [0.25, 0.3) is 11.3 Å². The SMILES string of the molecule is C=CCNC(=O)Nc1ccc(-c2ccccn2)cn1. The van der Waals surface area contributed by atoms with E-state index in [1.165, 1.54) is 0 Å². The molecule has 0 spiro atoms. The van der Waals surface area contributed by atoms with Gasteiger partial charge in [-0.1, -0.05) is 12.1 Å². The Bertz CT molecular complexity index is 551. The molecule has 0 unspecified atom stereocenters. The van der Waals surface area contributed by atoms with Gasteiger partial charge in [0, 0.05) is 24.5 Å². The van der Waals surface area contributed by atoms with E-state index < -0.39 is 0 Å². The second-order valence-electron chi connectivity index (χ2n) is 3.77. The summed E-state index contributed by atoms with van der Waals surface area (Å²) in [6.45, 7) is 3.93. The van der Waals surface area contributed by atoms with Crippen molar-refractivity contribution in [2.24, 2.45) is 0 Å². The molecule has 2 aromatic rings. The van der Waals surface area contributed by atoms with Gasteiger partial charge in [0.15, 0.2) is 0 Å². The quantitative estimate of drug-likeness (QED) is 0.823. The Labute approximate surface area is 111 Å². The second kappa shape index (κ2) is 6.30. The fourth-order valence-corrected chi connectivity index (χ4v) is 1.48. The zero-order valence-electron chi connectivity index (χ0n) is 10.3. The van der Waals surface area contributed by atoms with E-state index >= 15 is 0 Å². The van der Waals surface area contributed by atoms with Gasteiger partial charge >= 0.3 is 6.03 Å². The number of aromatic nitrogens is 2. The van der Waals surface area contributed by atoms with Crippen LogP contribution in [-0.4, -0.2) is 22.5 Å². The van der Waals surface area contributed by atoms with Crippen LogP contribution in [0.15, 0.2) is 55.4 Å². The molecule has 0 radical (unpaired) electrons. The highest BCUT2D eigenvalue weighted by atomic mass is 16.2. The number of rotatable bonds is 4. The van der Waals surface area contributed by atoms with Crippen molar-refractivity contribution in [3.8, 4) is 11.3 Å². The van der Waals surface area contributed by atoms with Crippen LogP contribution in [0, 0.1) is 0 Å². The Hall–Kier alpha value is -2.69. The molecule has 2 heterocycles. The summed E-state index contributed by atoms with van der Waals surface area (Å²) in [4.78, 5) is 19.8. The third-order valence-electron chi connectivity index (χ3n) is 2.37. The number of amides is 2. The number of hydrogen-bond acceptors (Lipinski definition) is 3.